The van der Waals surface area contributed by atoms with Gasteiger partial charge in [0.15, 0.2) is 0 Å². The predicted octanol–water partition coefficient (Wildman–Crippen LogP) is 3.48. The van der Waals surface area contributed by atoms with E-state index in [1.165, 1.54) is 0 Å². The van der Waals surface area contributed by atoms with Gasteiger partial charge in [-0.25, -0.2) is 4.79 Å². The zero-order chi connectivity index (χ0) is 17.5. The van der Waals surface area contributed by atoms with Gasteiger partial charge in [-0.3, -0.25) is 4.79 Å². The van der Waals surface area contributed by atoms with Gasteiger partial charge in [-0.1, -0.05) is 30.3 Å². The van der Waals surface area contributed by atoms with Gasteiger partial charge in [-0.15, -0.1) is 0 Å². The summed E-state index contributed by atoms with van der Waals surface area (Å²) in [5.41, 5.74) is 4.11. The lowest BCUT2D eigenvalue weighted by Crippen LogP contribution is -2.08. The van der Waals surface area contributed by atoms with E-state index in [4.69, 9.17) is 9.47 Å². The molecule has 1 heterocycles. The SMILES string of the molecule is CCOC(=O)c1[nH]c(C)c(CCC(=O)OCc2ccccc2)c1C. The first-order valence-corrected chi connectivity index (χ1v) is 8.07. The van der Waals surface area contributed by atoms with E-state index in [-0.39, 0.29) is 25.0 Å². The van der Waals surface area contributed by atoms with Crippen LogP contribution >= 0.6 is 0 Å². The third-order valence-corrected chi connectivity index (χ3v) is 3.89. The Kier molecular flexibility index (Phi) is 6.18. The maximum absolute atomic E-state index is 11.9. The lowest BCUT2D eigenvalue weighted by atomic mass is 10.0. The normalized spacial score (nSPS) is 10.5. The molecular formula is C19H23NO4. The number of hydrogen-bond donors (Lipinski definition) is 1. The lowest BCUT2D eigenvalue weighted by molar-refractivity contribution is -0.144. The third-order valence-electron chi connectivity index (χ3n) is 3.89. The van der Waals surface area contributed by atoms with Gasteiger partial charge >= 0.3 is 11.9 Å². The van der Waals surface area contributed by atoms with E-state index in [0.29, 0.717) is 18.7 Å². The van der Waals surface area contributed by atoms with E-state index in [2.05, 4.69) is 4.98 Å². The van der Waals surface area contributed by atoms with E-state index in [0.717, 1.165) is 22.4 Å². The summed E-state index contributed by atoms with van der Waals surface area (Å²) >= 11 is 0. The summed E-state index contributed by atoms with van der Waals surface area (Å²) < 4.78 is 10.3. The molecule has 0 radical (unpaired) electrons. The van der Waals surface area contributed by atoms with Crippen LogP contribution in [0.15, 0.2) is 30.3 Å². The highest BCUT2D eigenvalue weighted by atomic mass is 16.5. The molecule has 5 nitrogen and oxygen atoms in total. The fourth-order valence-corrected chi connectivity index (χ4v) is 2.61. The number of carbonyl (C=O) groups excluding carboxylic acids is 2. The second kappa shape index (κ2) is 8.34. The highest BCUT2D eigenvalue weighted by Gasteiger charge is 2.18. The molecule has 0 unspecified atom stereocenters. The molecule has 0 bridgehead atoms. The summed E-state index contributed by atoms with van der Waals surface area (Å²) in [4.78, 5) is 26.9. The number of H-pyrrole nitrogens is 1. The average Bonchev–Trinajstić information content (AvgIpc) is 2.86. The van der Waals surface area contributed by atoms with Gasteiger partial charge in [-0.05, 0) is 43.9 Å². The third kappa shape index (κ3) is 4.47. The fraction of sp³-hybridized carbons (Fsp3) is 0.368. The molecule has 0 saturated heterocycles. The Labute approximate surface area is 142 Å². The molecule has 2 rings (SSSR count). The molecule has 0 aliphatic rings. The van der Waals surface area contributed by atoms with Gasteiger partial charge in [0.05, 0.1) is 6.61 Å². The number of esters is 2. The second-order valence-electron chi connectivity index (χ2n) is 5.60. The molecule has 0 atom stereocenters. The molecule has 2 aromatic rings. The van der Waals surface area contributed by atoms with Crippen LogP contribution in [-0.4, -0.2) is 23.5 Å². The van der Waals surface area contributed by atoms with Crippen LogP contribution < -0.4 is 0 Å². The number of benzene rings is 1. The van der Waals surface area contributed by atoms with E-state index in [9.17, 15) is 9.59 Å². The molecule has 0 amide bonds. The molecule has 1 aromatic carbocycles. The lowest BCUT2D eigenvalue weighted by Gasteiger charge is -2.06. The Hall–Kier alpha value is -2.56. The number of rotatable bonds is 7. The zero-order valence-electron chi connectivity index (χ0n) is 14.3. The Morgan fingerprint density at radius 1 is 1.08 bits per heavy atom. The minimum atomic E-state index is -0.365. The van der Waals surface area contributed by atoms with Gasteiger partial charge in [0.2, 0.25) is 0 Å². The van der Waals surface area contributed by atoms with E-state index in [1.54, 1.807) is 6.92 Å². The Morgan fingerprint density at radius 2 is 1.79 bits per heavy atom. The Balaban J connectivity index is 1.92. The number of aromatic nitrogens is 1. The number of carbonyl (C=O) groups is 2. The van der Waals surface area contributed by atoms with Gasteiger partial charge < -0.3 is 14.5 Å². The van der Waals surface area contributed by atoms with Crippen LogP contribution in [0.2, 0.25) is 0 Å². The van der Waals surface area contributed by atoms with Gasteiger partial charge in [0, 0.05) is 12.1 Å². The van der Waals surface area contributed by atoms with Gasteiger partial charge in [0.1, 0.15) is 12.3 Å². The van der Waals surface area contributed by atoms with Crippen LogP contribution in [0.25, 0.3) is 0 Å². The maximum Gasteiger partial charge on any atom is 0.355 e. The topological polar surface area (TPSA) is 68.4 Å². The largest absolute Gasteiger partial charge is 0.461 e. The smallest absolute Gasteiger partial charge is 0.355 e. The fourth-order valence-electron chi connectivity index (χ4n) is 2.61. The highest BCUT2D eigenvalue weighted by Crippen LogP contribution is 2.20. The number of aryl methyl sites for hydroxylation is 1. The molecule has 0 fully saturated rings. The number of aromatic amines is 1. The quantitative estimate of drug-likeness (QED) is 0.790. The van der Waals surface area contributed by atoms with Gasteiger partial charge in [0.25, 0.3) is 0 Å². The molecule has 0 saturated carbocycles. The van der Waals surface area contributed by atoms with Crippen LogP contribution in [0.3, 0.4) is 0 Å². The van der Waals surface area contributed by atoms with Gasteiger partial charge in [-0.2, -0.15) is 0 Å². The van der Waals surface area contributed by atoms with Crippen molar-refractivity contribution in [2.75, 3.05) is 6.61 Å². The van der Waals surface area contributed by atoms with Crippen molar-refractivity contribution in [3.63, 3.8) is 0 Å². The summed E-state index contributed by atoms with van der Waals surface area (Å²) in [6, 6.07) is 9.57. The van der Waals surface area contributed by atoms with Crippen molar-refractivity contribution >= 4 is 11.9 Å². The summed E-state index contributed by atoms with van der Waals surface area (Å²) in [7, 11) is 0. The highest BCUT2D eigenvalue weighted by molar-refractivity contribution is 5.89. The second-order valence-corrected chi connectivity index (χ2v) is 5.60. The Morgan fingerprint density at radius 3 is 2.46 bits per heavy atom. The first-order chi connectivity index (χ1) is 11.5. The molecule has 0 spiro atoms. The molecule has 128 valence electrons. The summed E-state index contributed by atoms with van der Waals surface area (Å²) in [5, 5.41) is 0. The molecule has 5 heteroatoms. The van der Waals surface area contributed by atoms with Crippen LogP contribution in [0, 0.1) is 13.8 Å². The zero-order valence-corrected chi connectivity index (χ0v) is 14.3. The molecule has 0 aliphatic carbocycles. The monoisotopic (exact) mass is 329 g/mol. The van der Waals surface area contributed by atoms with Crippen LogP contribution in [0.5, 0.6) is 0 Å². The van der Waals surface area contributed by atoms with Crippen molar-refractivity contribution in [1.29, 1.82) is 0 Å². The Bertz CT molecular complexity index is 704. The van der Waals surface area contributed by atoms with Crippen molar-refractivity contribution in [3.05, 3.63) is 58.4 Å². The van der Waals surface area contributed by atoms with E-state index >= 15 is 0 Å². The molecule has 24 heavy (non-hydrogen) atoms. The minimum Gasteiger partial charge on any atom is -0.461 e. The predicted molar refractivity (Wildman–Crippen MR) is 90.8 cm³/mol. The number of ether oxygens (including phenoxy) is 2. The summed E-state index contributed by atoms with van der Waals surface area (Å²) in [6.07, 6.45) is 0.801. The van der Waals surface area contributed by atoms with Crippen LogP contribution in [0.1, 0.15) is 46.2 Å². The average molecular weight is 329 g/mol. The first kappa shape index (κ1) is 17.8. The molecule has 1 N–H and O–H groups in total. The summed E-state index contributed by atoms with van der Waals surface area (Å²) in [5.74, 6) is -0.618. The van der Waals surface area contributed by atoms with Crippen LogP contribution in [-0.2, 0) is 27.3 Å². The first-order valence-electron chi connectivity index (χ1n) is 8.07. The van der Waals surface area contributed by atoms with Crippen molar-refractivity contribution in [2.24, 2.45) is 0 Å². The van der Waals surface area contributed by atoms with Crippen molar-refractivity contribution in [2.45, 2.75) is 40.2 Å². The number of nitrogens with one attached hydrogen (secondary N) is 1. The maximum atomic E-state index is 11.9. The van der Waals surface area contributed by atoms with Crippen LogP contribution in [0.4, 0.5) is 0 Å². The van der Waals surface area contributed by atoms with Crippen molar-refractivity contribution < 1.29 is 19.1 Å². The van der Waals surface area contributed by atoms with Crippen molar-refractivity contribution in [1.82, 2.24) is 4.98 Å². The molecular weight excluding hydrogens is 306 g/mol. The summed E-state index contributed by atoms with van der Waals surface area (Å²) in [6.45, 7) is 6.13. The standard InChI is InChI=1S/C19H23NO4/c1-4-23-19(22)18-13(2)16(14(3)20-18)10-11-17(21)24-12-15-8-6-5-7-9-15/h5-9,20H,4,10-12H2,1-3H3. The van der Waals surface area contributed by atoms with E-state index in [1.807, 2.05) is 44.2 Å². The number of hydrogen-bond acceptors (Lipinski definition) is 4. The minimum absolute atomic E-state index is 0.253. The molecule has 0 aliphatic heterocycles. The van der Waals surface area contributed by atoms with E-state index < -0.39 is 0 Å². The van der Waals surface area contributed by atoms with Crippen molar-refractivity contribution in [3.8, 4) is 0 Å². The molecule has 1 aromatic heterocycles.